The van der Waals surface area contributed by atoms with Gasteiger partial charge in [0.25, 0.3) is 0 Å². The van der Waals surface area contributed by atoms with Crippen LogP contribution in [-0.4, -0.2) is 40.1 Å². The van der Waals surface area contributed by atoms with Gasteiger partial charge in [-0.25, -0.2) is 4.39 Å². The van der Waals surface area contributed by atoms with Crippen LogP contribution in [-0.2, 0) is 4.79 Å². The number of amides is 1. The van der Waals surface area contributed by atoms with E-state index in [4.69, 9.17) is 5.73 Å². The highest BCUT2D eigenvalue weighted by Gasteiger charge is 2.33. The number of hydrogen-bond donors (Lipinski definition) is 2. The van der Waals surface area contributed by atoms with Crippen LogP contribution in [0.25, 0.3) is 0 Å². The van der Waals surface area contributed by atoms with E-state index in [0.717, 1.165) is 6.20 Å². The van der Waals surface area contributed by atoms with Crippen LogP contribution < -0.4 is 5.73 Å². The molecular weight excluding hydrogens is 225 g/mol. The highest BCUT2D eigenvalue weighted by atomic mass is 19.1. The minimum absolute atomic E-state index is 0.116. The van der Waals surface area contributed by atoms with E-state index in [1.54, 1.807) is 0 Å². The average Bonchev–Trinajstić information content (AvgIpc) is 2.23. The molecule has 0 radical (unpaired) electrons. The molecule has 0 bridgehead atoms. The first kappa shape index (κ1) is 11.9. The number of aromatic nitrogens is 1. The van der Waals surface area contributed by atoms with Gasteiger partial charge in [-0.1, -0.05) is 0 Å². The Kier molecular flexibility index (Phi) is 3.35. The van der Waals surface area contributed by atoms with Crippen LogP contribution in [0.4, 0.5) is 4.39 Å². The molecule has 0 aliphatic carbocycles. The van der Waals surface area contributed by atoms with Gasteiger partial charge in [0.15, 0.2) is 0 Å². The molecule has 1 aliphatic rings. The Morgan fingerprint density at radius 1 is 1.65 bits per heavy atom. The Bertz CT molecular complexity index is 404. The lowest BCUT2D eigenvalue weighted by Crippen LogP contribution is -2.52. The largest absolute Gasteiger partial charge is 0.390 e. The summed E-state index contributed by atoms with van der Waals surface area (Å²) in [6.07, 6.45) is 0.857. The normalized spacial score (nSPS) is 18.7. The van der Waals surface area contributed by atoms with E-state index in [-0.39, 0.29) is 18.6 Å². The number of hydrogen-bond acceptors (Lipinski definition) is 4. The molecule has 17 heavy (non-hydrogen) atoms. The van der Waals surface area contributed by atoms with Gasteiger partial charge in [-0.2, -0.15) is 0 Å². The monoisotopic (exact) mass is 239 g/mol. The standard InChI is InChI=1S/C11H14FN3O2/c12-7-1-2-9(14-4-7)10(3-11(13)17)15-5-8(16)6-15/h1-2,4,8,10,16H,3,5-6H2,(H2,13,17). The van der Waals surface area contributed by atoms with E-state index < -0.39 is 11.7 Å². The van der Waals surface area contributed by atoms with Crippen LogP contribution >= 0.6 is 0 Å². The van der Waals surface area contributed by atoms with Gasteiger partial charge in [-0.15, -0.1) is 0 Å². The summed E-state index contributed by atoms with van der Waals surface area (Å²) in [7, 11) is 0. The third-order valence-electron chi connectivity index (χ3n) is 2.82. The van der Waals surface area contributed by atoms with Crippen molar-refractivity contribution in [1.29, 1.82) is 0 Å². The summed E-state index contributed by atoms with van der Waals surface area (Å²) in [4.78, 5) is 16.9. The molecule has 1 fully saturated rings. The van der Waals surface area contributed by atoms with E-state index in [1.165, 1.54) is 12.1 Å². The molecule has 2 heterocycles. The van der Waals surface area contributed by atoms with Gasteiger partial charge in [0.05, 0.1) is 24.0 Å². The number of likely N-dealkylation sites (tertiary alicyclic amines) is 1. The molecule has 1 aromatic heterocycles. The topological polar surface area (TPSA) is 79.5 Å². The highest BCUT2D eigenvalue weighted by Crippen LogP contribution is 2.27. The van der Waals surface area contributed by atoms with Crippen molar-refractivity contribution in [2.24, 2.45) is 5.73 Å². The predicted molar refractivity (Wildman–Crippen MR) is 58.3 cm³/mol. The summed E-state index contributed by atoms with van der Waals surface area (Å²) in [6, 6.07) is 2.55. The molecule has 1 saturated heterocycles. The molecule has 1 amide bonds. The summed E-state index contributed by atoms with van der Waals surface area (Å²) in [5.41, 5.74) is 5.78. The molecule has 1 aromatic rings. The maximum Gasteiger partial charge on any atom is 0.219 e. The average molecular weight is 239 g/mol. The molecule has 0 spiro atoms. The van der Waals surface area contributed by atoms with Crippen molar-refractivity contribution in [2.45, 2.75) is 18.6 Å². The van der Waals surface area contributed by atoms with Crippen LogP contribution in [0.2, 0.25) is 0 Å². The van der Waals surface area contributed by atoms with E-state index >= 15 is 0 Å². The van der Waals surface area contributed by atoms with Crippen LogP contribution in [0.5, 0.6) is 0 Å². The van der Waals surface area contributed by atoms with Gasteiger partial charge in [0, 0.05) is 19.5 Å². The number of halogens is 1. The zero-order chi connectivity index (χ0) is 12.4. The van der Waals surface area contributed by atoms with Crippen LogP contribution in [0.3, 0.4) is 0 Å². The summed E-state index contributed by atoms with van der Waals surface area (Å²) in [6.45, 7) is 0.966. The van der Waals surface area contributed by atoms with Gasteiger partial charge in [-0.3, -0.25) is 14.7 Å². The molecular formula is C11H14FN3O2. The van der Waals surface area contributed by atoms with Gasteiger partial charge in [0.2, 0.25) is 5.91 Å². The minimum Gasteiger partial charge on any atom is -0.390 e. The number of aliphatic hydroxyl groups is 1. The first-order valence-electron chi connectivity index (χ1n) is 5.38. The van der Waals surface area contributed by atoms with Crippen molar-refractivity contribution >= 4 is 5.91 Å². The first-order chi connectivity index (χ1) is 8.06. The Hall–Kier alpha value is -1.53. The van der Waals surface area contributed by atoms with Gasteiger partial charge >= 0.3 is 0 Å². The fourth-order valence-corrected chi connectivity index (χ4v) is 1.94. The van der Waals surface area contributed by atoms with Crippen LogP contribution in [0.1, 0.15) is 18.2 Å². The number of carbonyl (C=O) groups is 1. The summed E-state index contributed by atoms with van der Waals surface area (Å²) >= 11 is 0. The maximum atomic E-state index is 12.8. The number of nitrogens with two attached hydrogens (primary N) is 1. The molecule has 2 rings (SSSR count). The Labute approximate surface area is 98.1 Å². The quantitative estimate of drug-likeness (QED) is 0.763. The van der Waals surface area contributed by atoms with Gasteiger partial charge < -0.3 is 10.8 Å². The van der Waals surface area contributed by atoms with Crippen molar-refractivity contribution in [1.82, 2.24) is 9.88 Å². The van der Waals surface area contributed by atoms with Crippen molar-refractivity contribution in [2.75, 3.05) is 13.1 Å². The molecule has 92 valence electrons. The molecule has 1 unspecified atom stereocenters. The molecule has 0 aromatic carbocycles. The number of rotatable bonds is 4. The first-order valence-corrected chi connectivity index (χ1v) is 5.38. The Balaban J connectivity index is 2.14. The number of carbonyl (C=O) groups excluding carboxylic acids is 1. The fraction of sp³-hybridized carbons (Fsp3) is 0.455. The molecule has 1 atom stereocenters. The lowest BCUT2D eigenvalue weighted by atomic mass is 10.0. The molecule has 0 saturated carbocycles. The Morgan fingerprint density at radius 3 is 2.82 bits per heavy atom. The second kappa shape index (κ2) is 4.77. The SMILES string of the molecule is NC(=O)CC(c1ccc(F)cn1)N1CC(O)C1. The summed E-state index contributed by atoms with van der Waals surface area (Å²) < 4.78 is 12.8. The number of nitrogens with zero attached hydrogens (tertiary/aromatic N) is 2. The second-order valence-electron chi connectivity index (χ2n) is 4.20. The molecule has 1 aliphatic heterocycles. The maximum absolute atomic E-state index is 12.8. The van der Waals surface area contributed by atoms with Crippen molar-refractivity contribution < 1.29 is 14.3 Å². The fourth-order valence-electron chi connectivity index (χ4n) is 1.94. The second-order valence-corrected chi connectivity index (χ2v) is 4.20. The van der Waals surface area contributed by atoms with E-state index in [1.807, 2.05) is 4.90 Å². The Morgan fingerprint density at radius 2 is 2.35 bits per heavy atom. The number of primary amides is 1. The highest BCUT2D eigenvalue weighted by molar-refractivity contribution is 5.74. The predicted octanol–water partition coefficient (Wildman–Crippen LogP) is -0.186. The van der Waals surface area contributed by atoms with Gasteiger partial charge in [-0.05, 0) is 12.1 Å². The van der Waals surface area contributed by atoms with Crippen LogP contribution in [0, 0.1) is 5.82 Å². The summed E-state index contributed by atoms with van der Waals surface area (Å²) in [5, 5.41) is 9.25. The van der Waals surface area contributed by atoms with Gasteiger partial charge in [0.1, 0.15) is 5.82 Å². The van der Waals surface area contributed by atoms with Crippen molar-refractivity contribution in [3.63, 3.8) is 0 Å². The lowest BCUT2D eigenvalue weighted by Gasteiger charge is -2.41. The number of pyridine rings is 1. The minimum atomic E-state index is -0.442. The van der Waals surface area contributed by atoms with E-state index in [2.05, 4.69) is 4.98 Å². The molecule has 3 N–H and O–H groups in total. The van der Waals surface area contributed by atoms with E-state index in [9.17, 15) is 14.3 Å². The third-order valence-corrected chi connectivity index (χ3v) is 2.82. The van der Waals surface area contributed by atoms with Crippen molar-refractivity contribution in [3.8, 4) is 0 Å². The van der Waals surface area contributed by atoms with Crippen LogP contribution in [0.15, 0.2) is 18.3 Å². The zero-order valence-electron chi connectivity index (χ0n) is 9.21. The molecule has 5 nitrogen and oxygen atoms in total. The van der Waals surface area contributed by atoms with Crippen molar-refractivity contribution in [3.05, 3.63) is 29.8 Å². The number of β-amino-alcohol motifs (C(OH)–C–C–N with tert-alkyl or cyclic N) is 1. The van der Waals surface area contributed by atoms with E-state index in [0.29, 0.717) is 18.8 Å². The number of aliphatic hydroxyl groups excluding tert-OH is 1. The smallest absolute Gasteiger partial charge is 0.219 e. The lowest BCUT2D eigenvalue weighted by molar-refractivity contribution is -0.121. The summed E-state index contributed by atoms with van der Waals surface area (Å²) in [5.74, 6) is -0.863. The zero-order valence-corrected chi connectivity index (χ0v) is 9.21. The molecule has 6 heteroatoms. The third kappa shape index (κ3) is 2.78.